The van der Waals surface area contributed by atoms with E-state index < -0.39 is 9.84 Å². The first-order chi connectivity index (χ1) is 8.97. The summed E-state index contributed by atoms with van der Waals surface area (Å²) in [6.07, 6.45) is 5.14. The van der Waals surface area contributed by atoms with Crippen LogP contribution >= 0.6 is 0 Å². The van der Waals surface area contributed by atoms with E-state index in [-0.39, 0.29) is 5.25 Å². The number of hydrogen-bond donors (Lipinski definition) is 1. The molecule has 1 aliphatic heterocycles. The number of rotatable bonds is 8. The largest absolute Gasteiger partial charge is 0.313 e. The Morgan fingerprint density at radius 1 is 1.21 bits per heavy atom. The van der Waals surface area contributed by atoms with E-state index in [1.165, 1.54) is 25.7 Å². The van der Waals surface area contributed by atoms with Crippen molar-refractivity contribution in [3.63, 3.8) is 0 Å². The van der Waals surface area contributed by atoms with E-state index in [4.69, 9.17) is 0 Å². The molecule has 112 valence electrons. The lowest BCUT2D eigenvalue weighted by molar-refractivity contribution is 0.252. The fraction of sp³-hybridized carbons (Fsp3) is 1.00. The number of hydrogen-bond acceptors (Lipinski definition) is 4. The second-order valence-electron chi connectivity index (χ2n) is 6.41. The molecule has 4 nitrogen and oxygen atoms in total. The number of nitrogens with zero attached hydrogens (tertiary/aromatic N) is 1. The van der Waals surface area contributed by atoms with E-state index >= 15 is 0 Å². The molecule has 0 aromatic heterocycles. The van der Waals surface area contributed by atoms with Gasteiger partial charge in [-0.25, -0.2) is 8.42 Å². The van der Waals surface area contributed by atoms with E-state index in [1.807, 2.05) is 0 Å². The summed E-state index contributed by atoms with van der Waals surface area (Å²) in [4.78, 5) is 2.38. The standard InChI is InChI=1S/C14H28N2O2S/c1-12(2)19(17,18)9-8-16(10-13-5-6-13)11-14-4-3-7-15-14/h12-15H,3-11H2,1-2H3. The van der Waals surface area contributed by atoms with Crippen molar-refractivity contribution in [2.45, 2.75) is 50.8 Å². The molecule has 1 N–H and O–H groups in total. The lowest BCUT2D eigenvalue weighted by atomic mass is 10.2. The van der Waals surface area contributed by atoms with E-state index in [1.54, 1.807) is 13.8 Å². The van der Waals surface area contributed by atoms with Gasteiger partial charge in [0.2, 0.25) is 0 Å². The van der Waals surface area contributed by atoms with Gasteiger partial charge in [-0.1, -0.05) is 0 Å². The molecule has 0 bridgehead atoms. The zero-order valence-electron chi connectivity index (χ0n) is 12.3. The number of nitrogens with one attached hydrogen (secondary N) is 1. The maximum atomic E-state index is 11.9. The summed E-state index contributed by atoms with van der Waals surface area (Å²) in [7, 11) is -2.90. The zero-order valence-corrected chi connectivity index (χ0v) is 13.1. The smallest absolute Gasteiger partial charge is 0.153 e. The number of sulfone groups is 1. The third-order valence-electron chi connectivity index (χ3n) is 4.26. The Balaban J connectivity index is 1.82. The molecule has 1 aliphatic carbocycles. The average molecular weight is 288 g/mol. The highest BCUT2D eigenvalue weighted by atomic mass is 32.2. The molecule has 2 fully saturated rings. The molecule has 0 aromatic rings. The summed E-state index contributed by atoms with van der Waals surface area (Å²) in [5.74, 6) is 1.13. The van der Waals surface area contributed by atoms with Crippen LogP contribution in [0.15, 0.2) is 0 Å². The predicted octanol–water partition coefficient (Wildman–Crippen LogP) is 1.27. The van der Waals surface area contributed by atoms with E-state index in [0.717, 1.165) is 25.6 Å². The van der Waals surface area contributed by atoms with Gasteiger partial charge in [0.25, 0.3) is 0 Å². The SMILES string of the molecule is CC(C)S(=O)(=O)CCN(CC1CC1)CC1CCCN1. The van der Waals surface area contributed by atoms with Gasteiger partial charge < -0.3 is 10.2 Å². The van der Waals surface area contributed by atoms with Gasteiger partial charge in [0, 0.05) is 25.7 Å². The highest BCUT2D eigenvalue weighted by molar-refractivity contribution is 7.92. The van der Waals surface area contributed by atoms with Crippen LogP contribution < -0.4 is 5.32 Å². The molecule has 0 amide bonds. The fourth-order valence-electron chi connectivity index (χ4n) is 2.64. The van der Waals surface area contributed by atoms with Gasteiger partial charge in [0.1, 0.15) is 0 Å². The minimum absolute atomic E-state index is 0.250. The Hall–Kier alpha value is -0.130. The maximum absolute atomic E-state index is 11.9. The minimum Gasteiger partial charge on any atom is -0.313 e. The molecule has 5 heteroatoms. The van der Waals surface area contributed by atoms with Gasteiger partial charge in [-0.05, 0) is 52.0 Å². The van der Waals surface area contributed by atoms with E-state index in [2.05, 4.69) is 10.2 Å². The summed E-state index contributed by atoms with van der Waals surface area (Å²) in [6, 6.07) is 0.570. The second-order valence-corrected chi connectivity index (χ2v) is 9.09. The second kappa shape index (κ2) is 6.55. The summed E-state index contributed by atoms with van der Waals surface area (Å²) in [5.41, 5.74) is 0. The third-order valence-corrected chi connectivity index (χ3v) is 6.45. The molecule has 19 heavy (non-hydrogen) atoms. The first kappa shape index (κ1) is 15.3. The predicted molar refractivity (Wildman–Crippen MR) is 79.1 cm³/mol. The molecule has 0 spiro atoms. The van der Waals surface area contributed by atoms with Crippen molar-refractivity contribution in [2.75, 3.05) is 31.9 Å². The van der Waals surface area contributed by atoms with Gasteiger partial charge in [-0.3, -0.25) is 0 Å². The van der Waals surface area contributed by atoms with Crippen LogP contribution in [-0.2, 0) is 9.84 Å². The van der Waals surface area contributed by atoms with Crippen LogP contribution in [0.2, 0.25) is 0 Å². The summed E-state index contributed by atoms with van der Waals surface area (Å²) >= 11 is 0. The van der Waals surface area contributed by atoms with Crippen LogP contribution in [0, 0.1) is 5.92 Å². The van der Waals surface area contributed by atoms with Gasteiger partial charge >= 0.3 is 0 Å². The van der Waals surface area contributed by atoms with E-state index in [9.17, 15) is 8.42 Å². The molecule has 1 unspecified atom stereocenters. The molecule has 0 aromatic carbocycles. The van der Waals surface area contributed by atoms with Gasteiger partial charge in [-0.15, -0.1) is 0 Å². The lowest BCUT2D eigenvalue weighted by Crippen LogP contribution is -2.41. The maximum Gasteiger partial charge on any atom is 0.153 e. The highest BCUT2D eigenvalue weighted by Crippen LogP contribution is 2.30. The van der Waals surface area contributed by atoms with Crippen molar-refractivity contribution in [1.82, 2.24) is 10.2 Å². The lowest BCUT2D eigenvalue weighted by Gasteiger charge is -2.26. The van der Waals surface area contributed by atoms with Crippen molar-refractivity contribution in [1.29, 1.82) is 0 Å². The molecule has 0 radical (unpaired) electrons. The molecule has 1 atom stereocenters. The Morgan fingerprint density at radius 3 is 2.47 bits per heavy atom. The Bertz CT molecular complexity index is 371. The molecule has 2 rings (SSSR count). The van der Waals surface area contributed by atoms with Crippen LogP contribution in [0.3, 0.4) is 0 Å². The first-order valence-corrected chi connectivity index (χ1v) is 9.36. The molecule has 1 saturated carbocycles. The summed E-state index contributed by atoms with van der Waals surface area (Å²) in [5, 5.41) is 3.26. The summed E-state index contributed by atoms with van der Waals surface area (Å²) in [6.45, 7) is 7.48. The molecule has 2 aliphatic rings. The summed E-state index contributed by atoms with van der Waals surface area (Å²) < 4.78 is 23.9. The van der Waals surface area contributed by atoms with Gasteiger partial charge in [0.05, 0.1) is 11.0 Å². The van der Waals surface area contributed by atoms with Crippen molar-refractivity contribution in [3.05, 3.63) is 0 Å². The first-order valence-electron chi connectivity index (χ1n) is 7.64. The third kappa shape index (κ3) is 5.04. The quantitative estimate of drug-likeness (QED) is 0.731. The molecule has 1 saturated heterocycles. The van der Waals surface area contributed by atoms with Crippen LogP contribution in [0.25, 0.3) is 0 Å². The van der Waals surface area contributed by atoms with Crippen molar-refractivity contribution >= 4 is 9.84 Å². The minimum atomic E-state index is -2.90. The molecular weight excluding hydrogens is 260 g/mol. The van der Waals surface area contributed by atoms with Crippen LogP contribution in [0.5, 0.6) is 0 Å². The molecular formula is C14H28N2O2S. The van der Waals surface area contributed by atoms with Gasteiger partial charge in [0.15, 0.2) is 9.84 Å². The van der Waals surface area contributed by atoms with Crippen LogP contribution in [0.1, 0.15) is 39.5 Å². The van der Waals surface area contributed by atoms with Gasteiger partial charge in [-0.2, -0.15) is 0 Å². The average Bonchev–Trinajstić information content (AvgIpc) is 3.00. The normalized spacial score (nSPS) is 24.5. The van der Waals surface area contributed by atoms with E-state index in [0.29, 0.717) is 18.3 Å². The fourth-order valence-corrected chi connectivity index (χ4v) is 3.62. The van der Waals surface area contributed by atoms with Crippen LogP contribution in [-0.4, -0.2) is 56.5 Å². The highest BCUT2D eigenvalue weighted by Gasteiger charge is 2.27. The Kier molecular flexibility index (Phi) is 5.26. The van der Waals surface area contributed by atoms with Crippen molar-refractivity contribution in [3.8, 4) is 0 Å². The monoisotopic (exact) mass is 288 g/mol. The Morgan fingerprint density at radius 2 is 1.95 bits per heavy atom. The topological polar surface area (TPSA) is 49.4 Å². The van der Waals surface area contributed by atoms with Crippen LogP contribution in [0.4, 0.5) is 0 Å². The zero-order chi connectivity index (χ0) is 13.9. The molecule has 1 heterocycles. The Labute approximate surface area is 117 Å². The van der Waals surface area contributed by atoms with Crippen molar-refractivity contribution < 1.29 is 8.42 Å². The van der Waals surface area contributed by atoms with Crippen molar-refractivity contribution in [2.24, 2.45) is 5.92 Å².